The molecule has 38 heavy (non-hydrogen) atoms. The third-order valence-electron chi connectivity index (χ3n) is 6.15. The highest BCUT2D eigenvalue weighted by Crippen LogP contribution is 2.32. The second-order valence-corrected chi connectivity index (χ2v) is 8.70. The fraction of sp³-hybridized carbons (Fsp3) is 0.138. The Morgan fingerprint density at radius 2 is 1.68 bits per heavy atom. The second-order valence-electron chi connectivity index (χ2n) is 8.70. The van der Waals surface area contributed by atoms with E-state index in [1.807, 2.05) is 61.5 Å². The number of aromatic nitrogens is 3. The summed E-state index contributed by atoms with van der Waals surface area (Å²) in [6.45, 7) is 1.79. The van der Waals surface area contributed by atoms with Crippen LogP contribution in [0.15, 0.2) is 84.9 Å². The van der Waals surface area contributed by atoms with E-state index in [9.17, 15) is 18.0 Å². The lowest BCUT2D eigenvalue weighted by molar-refractivity contribution is -0.137. The lowest BCUT2D eigenvalue weighted by Crippen LogP contribution is -2.24. The van der Waals surface area contributed by atoms with Crippen LogP contribution in [0.25, 0.3) is 28.0 Å². The number of amides is 1. The van der Waals surface area contributed by atoms with Crippen molar-refractivity contribution in [1.29, 1.82) is 0 Å². The van der Waals surface area contributed by atoms with Crippen molar-refractivity contribution >= 4 is 11.6 Å². The molecule has 0 aliphatic rings. The van der Waals surface area contributed by atoms with Crippen molar-refractivity contribution in [2.45, 2.75) is 19.6 Å². The smallest absolute Gasteiger partial charge is 0.416 e. The van der Waals surface area contributed by atoms with Crippen molar-refractivity contribution in [3.05, 3.63) is 107 Å². The molecule has 0 aliphatic heterocycles. The van der Waals surface area contributed by atoms with Crippen molar-refractivity contribution in [2.75, 3.05) is 7.11 Å². The first kappa shape index (κ1) is 25.0. The summed E-state index contributed by atoms with van der Waals surface area (Å²) in [6.07, 6.45) is -4.46. The fourth-order valence-electron chi connectivity index (χ4n) is 4.28. The molecule has 0 spiro atoms. The Hall–Kier alpha value is -4.66. The number of halogens is 3. The number of nitrogens with one attached hydrogen (secondary N) is 1. The summed E-state index contributed by atoms with van der Waals surface area (Å²) in [5.41, 5.74) is 4.00. The molecule has 5 aromatic rings. The largest absolute Gasteiger partial charge is 0.497 e. The third kappa shape index (κ3) is 4.95. The Balaban J connectivity index is 1.57. The van der Waals surface area contributed by atoms with E-state index in [2.05, 4.69) is 10.3 Å². The molecule has 0 saturated heterocycles. The molecule has 0 fully saturated rings. The predicted octanol–water partition coefficient (Wildman–Crippen LogP) is 6.33. The van der Waals surface area contributed by atoms with E-state index in [4.69, 9.17) is 9.84 Å². The number of alkyl halides is 3. The average molecular weight is 517 g/mol. The van der Waals surface area contributed by atoms with Gasteiger partial charge in [0, 0.05) is 17.7 Å². The number of hydrogen-bond acceptors (Lipinski definition) is 4. The van der Waals surface area contributed by atoms with E-state index in [1.165, 1.54) is 12.1 Å². The standard InChI is InChI=1S/C29H23F3N4O2/c1-18-26(21-8-4-3-5-9-21)27-34-24(16-25(36(27)35-18)20-11-13-23(38-2)14-12-20)28(37)33-17-19-7-6-10-22(15-19)29(30,31)32/h3-16H,17H2,1-2H3,(H,33,37). The van der Waals surface area contributed by atoms with Crippen molar-refractivity contribution < 1.29 is 22.7 Å². The molecule has 0 unspecified atom stereocenters. The number of aryl methyl sites for hydroxylation is 1. The molecule has 9 heteroatoms. The molecular formula is C29H23F3N4O2. The van der Waals surface area contributed by atoms with Crippen LogP contribution in [-0.2, 0) is 12.7 Å². The van der Waals surface area contributed by atoms with Gasteiger partial charge in [0.25, 0.3) is 5.91 Å². The maximum absolute atomic E-state index is 13.2. The lowest BCUT2D eigenvalue weighted by Gasteiger charge is -2.11. The zero-order valence-corrected chi connectivity index (χ0v) is 20.6. The van der Waals surface area contributed by atoms with Crippen molar-refractivity contribution in [3.63, 3.8) is 0 Å². The van der Waals surface area contributed by atoms with Gasteiger partial charge in [-0.3, -0.25) is 4.79 Å². The van der Waals surface area contributed by atoms with Crippen LogP contribution >= 0.6 is 0 Å². The Bertz CT molecular complexity index is 1610. The van der Waals surface area contributed by atoms with Gasteiger partial charge >= 0.3 is 6.18 Å². The first-order chi connectivity index (χ1) is 18.2. The molecule has 6 nitrogen and oxygen atoms in total. The number of ether oxygens (including phenoxy) is 1. The molecule has 1 amide bonds. The Labute approximate surface area is 216 Å². The normalized spacial score (nSPS) is 11.5. The number of carbonyl (C=O) groups excluding carboxylic acids is 1. The summed E-state index contributed by atoms with van der Waals surface area (Å²) >= 11 is 0. The van der Waals surface area contributed by atoms with Crippen LogP contribution in [0, 0.1) is 6.92 Å². The minimum absolute atomic E-state index is 0.0860. The SMILES string of the molecule is COc1ccc(-c2cc(C(=O)NCc3cccc(C(F)(F)F)c3)nc3c(-c4ccccc4)c(C)nn23)cc1. The maximum Gasteiger partial charge on any atom is 0.416 e. The summed E-state index contributed by atoms with van der Waals surface area (Å²) in [5.74, 6) is 0.164. The highest BCUT2D eigenvalue weighted by Gasteiger charge is 2.30. The summed E-state index contributed by atoms with van der Waals surface area (Å²) in [7, 11) is 1.58. The van der Waals surface area contributed by atoms with Gasteiger partial charge in [-0.1, -0.05) is 42.5 Å². The number of nitrogens with zero attached hydrogens (tertiary/aromatic N) is 3. The van der Waals surface area contributed by atoms with Gasteiger partial charge in [-0.05, 0) is 60.5 Å². The van der Waals surface area contributed by atoms with Crippen LogP contribution in [0.2, 0.25) is 0 Å². The molecule has 2 heterocycles. The molecule has 1 N–H and O–H groups in total. The summed E-state index contributed by atoms with van der Waals surface area (Å²) in [5, 5.41) is 7.42. The summed E-state index contributed by atoms with van der Waals surface area (Å²) < 4.78 is 46.3. The zero-order chi connectivity index (χ0) is 26.9. The minimum atomic E-state index is -4.46. The van der Waals surface area contributed by atoms with Gasteiger partial charge in [-0.15, -0.1) is 0 Å². The number of fused-ring (bicyclic) bond motifs is 1. The van der Waals surface area contributed by atoms with E-state index in [-0.39, 0.29) is 12.2 Å². The number of rotatable bonds is 6. The highest BCUT2D eigenvalue weighted by molar-refractivity contribution is 5.95. The zero-order valence-electron chi connectivity index (χ0n) is 20.6. The number of hydrogen-bond donors (Lipinski definition) is 1. The van der Waals surface area contributed by atoms with Crippen LogP contribution in [0.5, 0.6) is 5.75 Å². The molecule has 192 valence electrons. The predicted molar refractivity (Wildman–Crippen MR) is 138 cm³/mol. The van der Waals surface area contributed by atoms with Crippen molar-refractivity contribution in [1.82, 2.24) is 19.9 Å². The van der Waals surface area contributed by atoms with Gasteiger partial charge in [0.15, 0.2) is 5.65 Å². The van der Waals surface area contributed by atoms with Gasteiger partial charge in [-0.25, -0.2) is 9.50 Å². The van der Waals surface area contributed by atoms with Gasteiger partial charge in [-0.2, -0.15) is 18.3 Å². The van der Waals surface area contributed by atoms with E-state index in [0.29, 0.717) is 22.7 Å². The van der Waals surface area contributed by atoms with Gasteiger partial charge in [0.05, 0.1) is 24.1 Å². The van der Waals surface area contributed by atoms with Gasteiger partial charge in [0.2, 0.25) is 0 Å². The molecule has 0 atom stereocenters. The average Bonchev–Trinajstić information content (AvgIpc) is 3.27. The van der Waals surface area contributed by atoms with Crippen LogP contribution in [0.1, 0.15) is 27.3 Å². The van der Waals surface area contributed by atoms with E-state index < -0.39 is 17.6 Å². The van der Waals surface area contributed by atoms with Crippen LogP contribution < -0.4 is 10.1 Å². The van der Waals surface area contributed by atoms with Crippen molar-refractivity contribution in [2.24, 2.45) is 0 Å². The molecule has 5 rings (SSSR count). The van der Waals surface area contributed by atoms with Gasteiger partial charge < -0.3 is 10.1 Å². The van der Waals surface area contributed by atoms with Crippen LogP contribution in [0.3, 0.4) is 0 Å². The van der Waals surface area contributed by atoms with Crippen LogP contribution in [0.4, 0.5) is 13.2 Å². The Morgan fingerprint density at radius 1 is 0.947 bits per heavy atom. The number of methoxy groups -OCH3 is 1. The van der Waals surface area contributed by atoms with E-state index in [1.54, 1.807) is 17.7 Å². The highest BCUT2D eigenvalue weighted by atomic mass is 19.4. The van der Waals surface area contributed by atoms with E-state index in [0.717, 1.165) is 34.5 Å². The van der Waals surface area contributed by atoms with E-state index >= 15 is 0 Å². The number of carbonyl (C=O) groups is 1. The summed E-state index contributed by atoms with van der Waals surface area (Å²) in [4.78, 5) is 17.9. The maximum atomic E-state index is 13.2. The van der Waals surface area contributed by atoms with Crippen LogP contribution in [-0.4, -0.2) is 27.6 Å². The van der Waals surface area contributed by atoms with Gasteiger partial charge in [0.1, 0.15) is 11.4 Å². The monoisotopic (exact) mass is 516 g/mol. The topological polar surface area (TPSA) is 68.5 Å². The minimum Gasteiger partial charge on any atom is -0.497 e. The molecule has 3 aromatic carbocycles. The molecule has 0 radical (unpaired) electrons. The molecule has 0 bridgehead atoms. The first-order valence-electron chi connectivity index (χ1n) is 11.8. The second kappa shape index (κ2) is 10.0. The molecule has 0 aliphatic carbocycles. The third-order valence-corrected chi connectivity index (χ3v) is 6.15. The summed E-state index contributed by atoms with van der Waals surface area (Å²) in [6, 6.07) is 23.4. The number of benzene rings is 3. The molecule has 2 aromatic heterocycles. The Morgan fingerprint density at radius 3 is 2.37 bits per heavy atom. The molecule has 0 saturated carbocycles. The quantitative estimate of drug-likeness (QED) is 0.286. The first-order valence-corrected chi connectivity index (χ1v) is 11.8. The molecular weight excluding hydrogens is 493 g/mol. The fourth-order valence-corrected chi connectivity index (χ4v) is 4.28. The van der Waals surface area contributed by atoms with Crippen molar-refractivity contribution in [3.8, 4) is 28.1 Å². The lowest BCUT2D eigenvalue weighted by atomic mass is 10.1. The Kier molecular flexibility index (Phi) is 6.59.